The van der Waals surface area contributed by atoms with Crippen molar-refractivity contribution in [2.45, 2.75) is 32.6 Å². The first-order valence-electron chi connectivity index (χ1n) is 10.5. The van der Waals surface area contributed by atoms with Crippen LogP contribution < -0.4 is 30.4 Å². The Morgan fingerprint density at radius 3 is 2.18 bits per heavy atom. The van der Waals surface area contributed by atoms with Crippen LogP contribution in [0.25, 0.3) is 0 Å². The van der Waals surface area contributed by atoms with Crippen molar-refractivity contribution in [3.05, 3.63) is 52.0 Å². The van der Waals surface area contributed by atoms with Crippen LogP contribution in [0.1, 0.15) is 53.3 Å². The van der Waals surface area contributed by atoms with Crippen molar-refractivity contribution in [1.82, 2.24) is 16.2 Å². The molecule has 0 bridgehead atoms. The zero-order chi connectivity index (χ0) is 24.2. The van der Waals surface area contributed by atoms with E-state index >= 15 is 0 Å². The molecular formula is C23H28BrN3O5S. The van der Waals surface area contributed by atoms with Crippen LogP contribution >= 0.6 is 28.1 Å². The van der Waals surface area contributed by atoms with Gasteiger partial charge in [0.05, 0.1) is 25.3 Å². The number of carbonyl (C=O) groups is 2. The summed E-state index contributed by atoms with van der Waals surface area (Å²) in [7, 11) is 2.99. The van der Waals surface area contributed by atoms with Gasteiger partial charge in [-0.2, -0.15) is 0 Å². The molecule has 0 aliphatic rings. The maximum Gasteiger partial charge on any atom is 0.269 e. The second kappa shape index (κ2) is 13.6. The normalized spacial score (nSPS) is 10.2. The molecule has 2 aromatic rings. The number of unbranched alkanes of at least 4 members (excludes halogenated alkanes) is 3. The molecule has 2 rings (SSSR count). The third-order valence-corrected chi connectivity index (χ3v) is 5.44. The maximum absolute atomic E-state index is 12.5. The number of nitrogens with one attached hydrogen (secondary N) is 3. The van der Waals surface area contributed by atoms with Crippen molar-refractivity contribution in [1.29, 1.82) is 0 Å². The van der Waals surface area contributed by atoms with Gasteiger partial charge in [-0.05, 0) is 71.0 Å². The smallest absolute Gasteiger partial charge is 0.269 e. The Balaban J connectivity index is 1.85. The van der Waals surface area contributed by atoms with Crippen LogP contribution in [0.3, 0.4) is 0 Å². The minimum absolute atomic E-state index is 0.0544. The molecule has 10 heteroatoms. The van der Waals surface area contributed by atoms with Crippen molar-refractivity contribution >= 4 is 45.1 Å². The highest BCUT2D eigenvalue weighted by Crippen LogP contribution is 2.28. The second-order valence-corrected chi connectivity index (χ2v) is 8.25. The molecule has 3 N–H and O–H groups in total. The average molecular weight is 538 g/mol. The zero-order valence-electron chi connectivity index (χ0n) is 18.8. The molecule has 0 aliphatic heterocycles. The molecule has 0 radical (unpaired) electrons. The number of amides is 2. The molecular weight excluding hydrogens is 510 g/mol. The molecule has 0 aromatic heterocycles. The van der Waals surface area contributed by atoms with Crippen molar-refractivity contribution < 1.29 is 23.8 Å². The lowest BCUT2D eigenvalue weighted by molar-refractivity contribution is 0.0934. The van der Waals surface area contributed by atoms with Gasteiger partial charge >= 0.3 is 0 Å². The van der Waals surface area contributed by atoms with Crippen molar-refractivity contribution in [2.24, 2.45) is 0 Å². The van der Waals surface area contributed by atoms with E-state index in [9.17, 15) is 9.59 Å². The Hall–Kier alpha value is -2.85. The summed E-state index contributed by atoms with van der Waals surface area (Å²) in [6.45, 7) is 2.78. The van der Waals surface area contributed by atoms with E-state index in [1.807, 2.05) is 0 Å². The molecule has 0 unspecified atom stereocenters. The monoisotopic (exact) mass is 537 g/mol. The molecule has 0 saturated heterocycles. The molecule has 0 heterocycles. The Morgan fingerprint density at radius 2 is 1.55 bits per heavy atom. The van der Waals surface area contributed by atoms with E-state index < -0.39 is 11.8 Å². The fourth-order valence-electron chi connectivity index (χ4n) is 2.84. The number of carbonyl (C=O) groups excluding carboxylic acids is 2. The number of thiocarbonyl (C=S) groups is 1. The minimum atomic E-state index is -0.462. The topological polar surface area (TPSA) is 97.9 Å². The summed E-state index contributed by atoms with van der Waals surface area (Å²) in [6, 6.07) is 9.75. The Bertz CT molecular complexity index is 987. The van der Waals surface area contributed by atoms with Gasteiger partial charge in [-0.1, -0.05) is 26.2 Å². The molecule has 0 aliphatic carbocycles. The van der Waals surface area contributed by atoms with E-state index in [0.29, 0.717) is 39.5 Å². The van der Waals surface area contributed by atoms with Crippen LogP contribution in [0, 0.1) is 0 Å². The summed E-state index contributed by atoms with van der Waals surface area (Å²) in [4.78, 5) is 24.8. The van der Waals surface area contributed by atoms with Crippen molar-refractivity contribution in [3.8, 4) is 17.2 Å². The first-order valence-corrected chi connectivity index (χ1v) is 11.7. The molecule has 178 valence electrons. The van der Waals surface area contributed by atoms with Gasteiger partial charge in [-0.3, -0.25) is 25.8 Å². The number of methoxy groups -OCH3 is 2. The lowest BCUT2D eigenvalue weighted by Gasteiger charge is -2.13. The number of ether oxygens (including phenoxy) is 3. The van der Waals surface area contributed by atoms with Gasteiger partial charge in [0.1, 0.15) is 5.75 Å². The number of hydrazine groups is 1. The lowest BCUT2D eigenvalue weighted by atomic mass is 10.2. The quantitative estimate of drug-likeness (QED) is 0.235. The molecule has 0 fully saturated rings. The average Bonchev–Trinajstić information content (AvgIpc) is 2.82. The molecule has 33 heavy (non-hydrogen) atoms. The van der Waals surface area contributed by atoms with E-state index in [2.05, 4.69) is 39.0 Å². The molecule has 0 saturated carbocycles. The summed E-state index contributed by atoms with van der Waals surface area (Å²) in [5.74, 6) is 0.702. The van der Waals surface area contributed by atoms with Crippen LogP contribution in [0.5, 0.6) is 17.2 Å². The Kier molecular flexibility index (Phi) is 10.9. The minimum Gasteiger partial charge on any atom is -0.493 e. The van der Waals surface area contributed by atoms with Crippen LogP contribution in [-0.4, -0.2) is 37.8 Å². The summed E-state index contributed by atoms with van der Waals surface area (Å²) in [5, 5.41) is 2.46. The third kappa shape index (κ3) is 8.21. The summed E-state index contributed by atoms with van der Waals surface area (Å²) >= 11 is 8.53. The van der Waals surface area contributed by atoms with E-state index in [4.69, 9.17) is 26.4 Å². The number of benzene rings is 2. The number of hydrogen-bond acceptors (Lipinski definition) is 6. The summed E-state index contributed by atoms with van der Waals surface area (Å²) in [5.41, 5.74) is 5.65. The lowest BCUT2D eigenvalue weighted by Crippen LogP contribution is -2.48. The molecule has 0 spiro atoms. The SMILES string of the molecule is CCCCCCOc1ccc(C(=O)NC(=S)NNC(=O)c2ccc(OC)c(OC)c2)cc1Br. The third-order valence-electron chi connectivity index (χ3n) is 4.61. The highest BCUT2D eigenvalue weighted by Gasteiger charge is 2.13. The summed E-state index contributed by atoms with van der Waals surface area (Å²) < 4.78 is 16.8. The van der Waals surface area contributed by atoms with E-state index in [0.717, 1.165) is 12.8 Å². The van der Waals surface area contributed by atoms with Crippen molar-refractivity contribution in [2.75, 3.05) is 20.8 Å². The first-order chi connectivity index (χ1) is 15.9. The van der Waals surface area contributed by atoms with Crippen LogP contribution in [-0.2, 0) is 0 Å². The fourth-order valence-corrected chi connectivity index (χ4v) is 3.48. The van der Waals surface area contributed by atoms with Crippen LogP contribution in [0.15, 0.2) is 40.9 Å². The number of rotatable bonds is 10. The summed E-state index contributed by atoms with van der Waals surface area (Å²) in [6.07, 6.45) is 4.47. The van der Waals surface area contributed by atoms with E-state index in [-0.39, 0.29) is 5.11 Å². The predicted octanol–water partition coefficient (Wildman–Crippen LogP) is 4.37. The predicted molar refractivity (Wildman–Crippen MR) is 134 cm³/mol. The maximum atomic E-state index is 12.5. The highest BCUT2D eigenvalue weighted by molar-refractivity contribution is 9.10. The van der Waals surface area contributed by atoms with Gasteiger partial charge in [-0.15, -0.1) is 0 Å². The molecule has 2 amide bonds. The molecule has 8 nitrogen and oxygen atoms in total. The zero-order valence-corrected chi connectivity index (χ0v) is 21.2. The largest absolute Gasteiger partial charge is 0.493 e. The fraction of sp³-hybridized carbons (Fsp3) is 0.348. The first kappa shape index (κ1) is 26.4. The van der Waals surface area contributed by atoms with Gasteiger partial charge in [-0.25, -0.2) is 0 Å². The van der Waals surface area contributed by atoms with Gasteiger partial charge in [0.15, 0.2) is 16.6 Å². The Morgan fingerprint density at radius 1 is 0.879 bits per heavy atom. The van der Waals surface area contributed by atoms with Gasteiger partial charge in [0.2, 0.25) is 0 Å². The van der Waals surface area contributed by atoms with Crippen LogP contribution in [0.4, 0.5) is 0 Å². The van der Waals surface area contributed by atoms with Crippen LogP contribution in [0.2, 0.25) is 0 Å². The molecule has 2 aromatic carbocycles. The second-order valence-electron chi connectivity index (χ2n) is 6.99. The highest BCUT2D eigenvalue weighted by atomic mass is 79.9. The van der Waals surface area contributed by atoms with Crippen molar-refractivity contribution in [3.63, 3.8) is 0 Å². The number of halogens is 1. The number of hydrogen-bond donors (Lipinski definition) is 3. The van der Waals surface area contributed by atoms with E-state index in [1.165, 1.54) is 33.1 Å². The Labute approximate surface area is 207 Å². The standard InChI is InChI=1S/C23H28BrN3O5S/c1-4-5-6-7-12-32-18-10-8-15(13-17(18)24)21(28)25-23(33)27-26-22(29)16-9-11-19(30-2)20(14-16)31-3/h8-11,13-14H,4-7,12H2,1-3H3,(H,26,29)(H2,25,27,28,33). The van der Waals surface area contributed by atoms with E-state index in [1.54, 1.807) is 30.3 Å². The van der Waals surface area contributed by atoms with Gasteiger partial charge in [0.25, 0.3) is 11.8 Å². The van der Waals surface area contributed by atoms with Gasteiger partial charge in [0, 0.05) is 11.1 Å². The van der Waals surface area contributed by atoms with Gasteiger partial charge < -0.3 is 14.2 Å². The molecule has 0 atom stereocenters.